The molecular formula is C14H25NO5. The molecule has 1 saturated heterocycles. The summed E-state index contributed by atoms with van der Waals surface area (Å²) in [5.74, 6) is -1.08. The lowest BCUT2D eigenvalue weighted by molar-refractivity contribution is -0.182. The fourth-order valence-electron chi connectivity index (χ4n) is 3.23. The van der Waals surface area contributed by atoms with Crippen molar-refractivity contribution in [1.82, 2.24) is 4.90 Å². The van der Waals surface area contributed by atoms with Crippen molar-refractivity contribution in [3.05, 3.63) is 0 Å². The summed E-state index contributed by atoms with van der Waals surface area (Å²) < 4.78 is 0. The molecule has 2 unspecified atom stereocenters. The van der Waals surface area contributed by atoms with Gasteiger partial charge in [-0.2, -0.15) is 0 Å². The number of carboxylic acid groups (broad SMARTS) is 2. The molecule has 1 amide bonds. The molecule has 6 heteroatoms. The van der Waals surface area contributed by atoms with Gasteiger partial charge < -0.3 is 20.2 Å². The lowest BCUT2D eigenvalue weighted by atomic mass is 9.57. The topological polar surface area (TPSA) is 98.1 Å². The minimum Gasteiger partial charge on any atom is -0.481 e. The third-order valence-corrected chi connectivity index (χ3v) is 4.61. The Kier molecular flexibility index (Phi) is 4.39. The van der Waals surface area contributed by atoms with E-state index in [1.165, 1.54) is 4.90 Å². The number of likely N-dealkylation sites (tertiary alicyclic amines) is 1. The summed E-state index contributed by atoms with van der Waals surface area (Å²) in [6, 6.07) is -0.411. The average molecular weight is 287 g/mol. The van der Waals surface area contributed by atoms with Gasteiger partial charge in [0.1, 0.15) is 5.41 Å². The van der Waals surface area contributed by atoms with Gasteiger partial charge in [0.25, 0.3) is 0 Å². The minimum absolute atomic E-state index is 0.0142. The molecule has 6 nitrogen and oxygen atoms in total. The summed E-state index contributed by atoms with van der Waals surface area (Å²) in [7, 11) is 0. The molecule has 0 radical (unpaired) electrons. The number of hydrogen-bond acceptors (Lipinski definition) is 3. The predicted molar refractivity (Wildman–Crippen MR) is 73.5 cm³/mol. The third-order valence-electron chi connectivity index (χ3n) is 4.61. The number of rotatable bonds is 2. The summed E-state index contributed by atoms with van der Waals surface area (Å²) in [5.41, 5.74) is -2.01. The maximum absolute atomic E-state index is 11.9. The van der Waals surface area contributed by atoms with Crippen LogP contribution in [-0.4, -0.2) is 51.0 Å². The Labute approximate surface area is 119 Å². The largest absolute Gasteiger partial charge is 0.481 e. The highest BCUT2D eigenvalue weighted by molar-refractivity contribution is 5.77. The van der Waals surface area contributed by atoms with Gasteiger partial charge in [0.15, 0.2) is 0 Å². The van der Waals surface area contributed by atoms with Gasteiger partial charge in [-0.05, 0) is 17.8 Å². The zero-order valence-electron chi connectivity index (χ0n) is 12.8. The van der Waals surface area contributed by atoms with Crippen LogP contribution in [0.5, 0.6) is 0 Å². The van der Waals surface area contributed by atoms with E-state index < -0.39 is 35.0 Å². The van der Waals surface area contributed by atoms with Crippen LogP contribution in [0.4, 0.5) is 4.79 Å². The van der Waals surface area contributed by atoms with Gasteiger partial charge in [-0.1, -0.05) is 34.6 Å². The molecule has 3 N–H and O–H groups in total. The number of amides is 1. The first kappa shape index (κ1) is 16.8. The molecular weight excluding hydrogens is 262 g/mol. The van der Waals surface area contributed by atoms with Crippen LogP contribution in [0.2, 0.25) is 0 Å². The number of nitrogens with zero attached hydrogens (tertiary/aromatic N) is 1. The number of aliphatic hydroxyl groups excluding tert-OH is 1. The number of hydrogen-bond donors (Lipinski definition) is 3. The molecule has 1 rings (SSSR count). The van der Waals surface area contributed by atoms with Gasteiger partial charge in [-0.25, -0.2) is 4.79 Å². The lowest BCUT2D eigenvalue weighted by Crippen LogP contribution is -2.65. The van der Waals surface area contributed by atoms with Gasteiger partial charge in [0, 0.05) is 6.04 Å². The molecule has 0 bridgehead atoms. The van der Waals surface area contributed by atoms with Gasteiger partial charge in [-0.15, -0.1) is 0 Å². The SMILES string of the molecule is CC(C)[C@@H]1CC(C(=O)O)(C(C)(C)C)C(O)CN1C(=O)O. The molecule has 1 heterocycles. The molecule has 0 aromatic heterocycles. The molecule has 0 aromatic rings. The molecule has 3 atom stereocenters. The summed E-state index contributed by atoms with van der Waals surface area (Å²) in [5, 5.41) is 29.3. The molecule has 1 fully saturated rings. The van der Waals surface area contributed by atoms with Crippen molar-refractivity contribution < 1.29 is 24.9 Å². The van der Waals surface area contributed by atoms with Crippen LogP contribution in [0.15, 0.2) is 0 Å². The van der Waals surface area contributed by atoms with E-state index in [4.69, 9.17) is 0 Å². The van der Waals surface area contributed by atoms with Crippen molar-refractivity contribution in [1.29, 1.82) is 0 Å². The van der Waals surface area contributed by atoms with Crippen molar-refractivity contribution >= 4 is 12.1 Å². The highest BCUT2D eigenvalue weighted by Crippen LogP contribution is 2.50. The van der Waals surface area contributed by atoms with Crippen LogP contribution in [0.3, 0.4) is 0 Å². The molecule has 0 saturated carbocycles. The van der Waals surface area contributed by atoms with Crippen LogP contribution in [0.1, 0.15) is 41.0 Å². The first-order chi connectivity index (χ1) is 8.95. The molecule has 116 valence electrons. The second-order valence-electron chi connectivity index (χ2n) is 6.99. The van der Waals surface area contributed by atoms with E-state index in [1.807, 2.05) is 13.8 Å². The Balaban J connectivity index is 3.30. The van der Waals surface area contributed by atoms with Crippen molar-refractivity contribution in [3.63, 3.8) is 0 Å². The first-order valence-electron chi connectivity index (χ1n) is 6.86. The smallest absolute Gasteiger partial charge is 0.407 e. The standard InChI is InChI=1S/C14H25NO5/c1-8(2)9-6-14(11(17)18,13(3,4)5)10(16)7-15(9)12(19)20/h8-10,16H,6-7H2,1-5H3,(H,17,18)(H,19,20)/t9-,10?,14?/m0/s1. The van der Waals surface area contributed by atoms with E-state index in [-0.39, 0.29) is 18.9 Å². The fourth-order valence-corrected chi connectivity index (χ4v) is 3.23. The van der Waals surface area contributed by atoms with Crippen LogP contribution >= 0.6 is 0 Å². The number of aliphatic hydroxyl groups is 1. The number of β-amino-alcohol motifs (C(OH)–C–C–N with tert-alkyl or cyclic N) is 1. The molecule has 0 aliphatic carbocycles. The van der Waals surface area contributed by atoms with Gasteiger partial charge in [-0.3, -0.25) is 4.79 Å². The normalized spacial score (nSPS) is 31.4. The minimum atomic E-state index is -1.34. The Morgan fingerprint density at radius 3 is 2.05 bits per heavy atom. The van der Waals surface area contributed by atoms with E-state index in [0.717, 1.165) is 0 Å². The number of piperidine rings is 1. The van der Waals surface area contributed by atoms with Gasteiger partial charge in [0.05, 0.1) is 12.6 Å². The maximum Gasteiger partial charge on any atom is 0.407 e. The van der Waals surface area contributed by atoms with Crippen molar-refractivity contribution in [3.8, 4) is 0 Å². The zero-order valence-corrected chi connectivity index (χ0v) is 12.8. The van der Waals surface area contributed by atoms with Crippen LogP contribution in [0, 0.1) is 16.7 Å². The molecule has 1 aliphatic heterocycles. The highest BCUT2D eigenvalue weighted by Gasteiger charge is 2.59. The van der Waals surface area contributed by atoms with Gasteiger partial charge >= 0.3 is 12.1 Å². The fraction of sp³-hybridized carbons (Fsp3) is 0.857. The monoisotopic (exact) mass is 287 g/mol. The summed E-state index contributed by atoms with van der Waals surface area (Å²) in [6.07, 6.45) is -2.21. The van der Waals surface area contributed by atoms with Gasteiger partial charge in [0.2, 0.25) is 0 Å². The van der Waals surface area contributed by atoms with E-state index in [9.17, 15) is 24.9 Å². The maximum atomic E-state index is 11.9. The summed E-state index contributed by atoms with van der Waals surface area (Å²) >= 11 is 0. The molecule has 20 heavy (non-hydrogen) atoms. The number of carboxylic acids is 1. The lowest BCUT2D eigenvalue weighted by Gasteiger charge is -2.53. The van der Waals surface area contributed by atoms with E-state index in [0.29, 0.717) is 0 Å². The van der Waals surface area contributed by atoms with Crippen LogP contribution in [0.25, 0.3) is 0 Å². The molecule has 1 aliphatic rings. The van der Waals surface area contributed by atoms with E-state index in [1.54, 1.807) is 20.8 Å². The Hall–Kier alpha value is -1.30. The summed E-state index contributed by atoms with van der Waals surface area (Å²) in [4.78, 5) is 24.3. The van der Waals surface area contributed by atoms with Crippen molar-refractivity contribution in [2.24, 2.45) is 16.7 Å². The summed E-state index contributed by atoms with van der Waals surface area (Å²) in [6.45, 7) is 8.90. The predicted octanol–water partition coefficient (Wildman–Crippen LogP) is 1.87. The average Bonchev–Trinajstić information content (AvgIpc) is 2.25. The van der Waals surface area contributed by atoms with Crippen molar-refractivity contribution in [2.75, 3.05) is 6.54 Å². The Morgan fingerprint density at radius 1 is 1.25 bits per heavy atom. The Morgan fingerprint density at radius 2 is 1.75 bits per heavy atom. The first-order valence-corrected chi connectivity index (χ1v) is 6.86. The zero-order chi connectivity index (χ0) is 15.9. The van der Waals surface area contributed by atoms with Crippen LogP contribution in [-0.2, 0) is 4.79 Å². The number of carbonyl (C=O) groups is 2. The van der Waals surface area contributed by atoms with Crippen LogP contribution < -0.4 is 0 Å². The van der Waals surface area contributed by atoms with E-state index >= 15 is 0 Å². The van der Waals surface area contributed by atoms with Crippen molar-refractivity contribution in [2.45, 2.75) is 53.2 Å². The molecule has 0 aromatic carbocycles. The quantitative estimate of drug-likeness (QED) is 0.720. The Bertz CT molecular complexity index is 401. The highest BCUT2D eigenvalue weighted by atomic mass is 16.4. The van der Waals surface area contributed by atoms with E-state index in [2.05, 4.69) is 0 Å². The molecule has 0 spiro atoms. The number of aliphatic carboxylic acids is 1. The second-order valence-corrected chi connectivity index (χ2v) is 6.99. The third kappa shape index (κ3) is 2.49. The second kappa shape index (κ2) is 5.24.